The molecule has 3 rings (SSSR count). The molecule has 2 N–H and O–H groups in total. The van der Waals surface area contributed by atoms with Crippen LogP contribution in [0.4, 0.5) is 17.1 Å². The highest BCUT2D eigenvalue weighted by molar-refractivity contribution is 5.77. The Morgan fingerprint density at radius 3 is 2.19 bits per heavy atom. The number of nitrogens with zero attached hydrogens (tertiary/aromatic N) is 1. The summed E-state index contributed by atoms with van der Waals surface area (Å²) >= 11 is 0. The lowest BCUT2D eigenvalue weighted by atomic mass is 10.1. The molecule has 0 radical (unpaired) electrons. The van der Waals surface area contributed by atoms with E-state index in [2.05, 4.69) is 48.2 Å². The van der Waals surface area contributed by atoms with E-state index in [1.807, 2.05) is 42.5 Å². The van der Waals surface area contributed by atoms with Crippen LogP contribution >= 0.6 is 0 Å². The van der Waals surface area contributed by atoms with Crippen molar-refractivity contribution in [2.75, 3.05) is 18.1 Å². The van der Waals surface area contributed by atoms with Gasteiger partial charge in [0.1, 0.15) is 18.5 Å². The number of hydrogen-bond acceptors (Lipinski definition) is 4. The fourth-order valence-corrected chi connectivity index (χ4v) is 2.68. The topological polar surface area (TPSA) is 52.9 Å². The van der Waals surface area contributed by atoms with Gasteiger partial charge in [0.05, 0.1) is 6.61 Å². The molecule has 3 aromatic carbocycles. The van der Waals surface area contributed by atoms with Crippen LogP contribution < -0.4 is 9.64 Å². The molecule has 0 aromatic heterocycles. The lowest BCUT2D eigenvalue weighted by molar-refractivity contribution is 0.0536. The molecule has 4 heteroatoms. The van der Waals surface area contributed by atoms with E-state index in [0.717, 1.165) is 17.1 Å². The number of para-hydroxylation sites is 1. The van der Waals surface area contributed by atoms with E-state index in [1.165, 1.54) is 5.56 Å². The number of benzene rings is 3. The van der Waals surface area contributed by atoms with Gasteiger partial charge in [0.15, 0.2) is 0 Å². The fourth-order valence-electron chi connectivity index (χ4n) is 2.68. The van der Waals surface area contributed by atoms with Crippen LogP contribution in [0, 0.1) is 6.92 Å². The third-order valence-corrected chi connectivity index (χ3v) is 4.04. The first kappa shape index (κ1) is 18.0. The molecular formula is C22H23NO3. The average molecular weight is 349 g/mol. The Morgan fingerprint density at radius 2 is 1.50 bits per heavy atom. The first-order valence-electron chi connectivity index (χ1n) is 8.61. The van der Waals surface area contributed by atoms with E-state index in [1.54, 1.807) is 0 Å². The molecule has 0 aliphatic rings. The van der Waals surface area contributed by atoms with E-state index < -0.39 is 6.10 Å². The summed E-state index contributed by atoms with van der Waals surface area (Å²) < 4.78 is 5.60. The van der Waals surface area contributed by atoms with Crippen LogP contribution in [0.2, 0.25) is 0 Å². The van der Waals surface area contributed by atoms with Crippen molar-refractivity contribution >= 4 is 17.1 Å². The van der Waals surface area contributed by atoms with Crippen LogP contribution in [0.3, 0.4) is 0 Å². The number of ether oxygens (including phenoxy) is 1. The number of anilines is 3. The smallest absolute Gasteiger partial charge is 0.121 e. The molecule has 1 atom stereocenters. The predicted octanol–water partition coefficient (Wildman–Crippen LogP) is 4.20. The molecule has 0 heterocycles. The summed E-state index contributed by atoms with van der Waals surface area (Å²) in [6.45, 7) is 1.80. The van der Waals surface area contributed by atoms with E-state index in [-0.39, 0.29) is 13.2 Å². The Balaban J connectivity index is 1.96. The number of aliphatic hydroxyl groups excluding tert-OH is 2. The zero-order valence-corrected chi connectivity index (χ0v) is 14.7. The van der Waals surface area contributed by atoms with Crippen LogP contribution in [-0.2, 0) is 0 Å². The molecule has 134 valence electrons. The highest BCUT2D eigenvalue weighted by Gasteiger charge is 2.13. The molecule has 0 amide bonds. The third-order valence-electron chi connectivity index (χ3n) is 4.04. The van der Waals surface area contributed by atoms with Crippen molar-refractivity contribution in [3.05, 3.63) is 84.4 Å². The van der Waals surface area contributed by atoms with Gasteiger partial charge in [-0.2, -0.15) is 0 Å². The van der Waals surface area contributed by atoms with Crippen molar-refractivity contribution in [2.24, 2.45) is 0 Å². The maximum atomic E-state index is 9.49. The van der Waals surface area contributed by atoms with Gasteiger partial charge in [-0.25, -0.2) is 0 Å². The molecule has 4 nitrogen and oxygen atoms in total. The number of hydrogen-bond donors (Lipinski definition) is 2. The summed E-state index contributed by atoms with van der Waals surface area (Å²) in [5.41, 5.74) is 4.26. The molecule has 26 heavy (non-hydrogen) atoms. The van der Waals surface area contributed by atoms with Crippen molar-refractivity contribution in [1.82, 2.24) is 0 Å². The summed E-state index contributed by atoms with van der Waals surface area (Å²) in [7, 11) is 0. The number of aryl methyl sites for hydroxylation is 1. The largest absolute Gasteiger partial charge is 0.491 e. The maximum absolute atomic E-state index is 9.49. The Kier molecular flexibility index (Phi) is 5.89. The minimum Gasteiger partial charge on any atom is -0.491 e. The molecule has 0 bridgehead atoms. The van der Waals surface area contributed by atoms with Crippen LogP contribution in [0.25, 0.3) is 0 Å². The number of aliphatic hydroxyl groups is 2. The quantitative estimate of drug-likeness (QED) is 0.671. The zero-order chi connectivity index (χ0) is 18.4. The summed E-state index contributed by atoms with van der Waals surface area (Å²) in [5, 5.41) is 18.4. The highest BCUT2D eigenvalue weighted by atomic mass is 16.5. The van der Waals surface area contributed by atoms with Gasteiger partial charge < -0.3 is 19.8 Å². The normalized spacial score (nSPS) is 11.8. The molecule has 0 saturated heterocycles. The molecule has 0 aliphatic heterocycles. The van der Waals surface area contributed by atoms with Gasteiger partial charge in [-0.3, -0.25) is 0 Å². The second kappa shape index (κ2) is 8.52. The standard InChI is InChI=1S/C22H23NO3/c1-17-10-12-19(13-11-17)23(18-6-3-2-4-7-18)20-8-5-9-22(14-20)26-16-21(25)15-24/h2-14,21,24-25H,15-16H2,1H3. The molecule has 0 spiro atoms. The van der Waals surface area contributed by atoms with Crippen molar-refractivity contribution in [1.29, 1.82) is 0 Å². The molecule has 0 aliphatic carbocycles. The van der Waals surface area contributed by atoms with Crippen LogP contribution in [0.1, 0.15) is 5.56 Å². The van der Waals surface area contributed by atoms with Crippen LogP contribution in [-0.4, -0.2) is 29.5 Å². The molecule has 3 aromatic rings. The summed E-state index contributed by atoms with van der Waals surface area (Å²) in [6, 6.07) is 26.2. The van der Waals surface area contributed by atoms with Crippen molar-refractivity contribution < 1.29 is 14.9 Å². The Labute approximate surface area is 153 Å². The lowest BCUT2D eigenvalue weighted by Crippen LogP contribution is -2.21. The summed E-state index contributed by atoms with van der Waals surface area (Å²) in [5.74, 6) is 0.642. The van der Waals surface area contributed by atoms with Gasteiger partial charge >= 0.3 is 0 Å². The third kappa shape index (κ3) is 4.42. The van der Waals surface area contributed by atoms with E-state index in [0.29, 0.717) is 5.75 Å². The van der Waals surface area contributed by atoms with Crippen LogP contribution in [0.5, 0.6) is 5.75 Å². The molecular weight excluding hydrogens is 326 g/mol. The maximum Gasteiger partial charge on any atom is 0.121 e. The van der Waals surface area contributed by atoms with Gasteiger partial charge in [-0.15, -0.1) is 0 Å². The van der Waals surface area contributed by atoms with Gasteiger partial charge in [0.2, 0.25) is 0 Å². The van der Waals surface area contributed by atoms with Gasteiger partial charge in [-0.05, 0) is 43.3 Å². The minimum atomic E-state index is -0.888. The Morgan fingerprint density at radius 1 is 0.846 bits per heavy atom. The highest BCUT2D eigenvalue weighted by Crippen LogP contribution is 2.35. The van der Waals surface area contributed by atoms with Gasteiger partial charge in [-0.1, -0.05) is 42.0 Å². The summed E-state index contributed by atoms with van der Waals surface area (Å²) in [4.78, 5) is 2.15. The second-order valence-corrected chi connectivity index (χ2v) is 6.15. The molecule has 0 fully saturated rings. The predicted molar refractivity (Wildman–Crippen MR) is 104 cm³/mol. The first-order valence-corrected chi connectivity index (χ1v) is 8.61. The van der Waals surface area contributed by atoms with E-state index in [4.69, 9.17) is 9.84 Å². The van der Waals surface area contributed by atoms with Crippen molar-refractivity contribution in [3.63, 3.8) is 0 Å². The van der Waals surface area contributed by atoms with E-state index >= 15 is 0 Å². The van der Waals surface area contributed by atoms with Crippen LogP contribution in [0.15, 0.2) is 78.9 Å². The van der Waals surface area contributed by atoms with Gasteiger partial charge in [0.25, 0.3) is 0 Å². The fraction of sp³-hybridized carbons (Fsp3) is 0.182. The Bertz CT molecular complexity index is 818. The Hall–Kier alpha value is -2.82. The SMILES string of the molecule is Cc1ccc(N(c2ccccc2)c2cccc(OCC(O)CO)c2)cc1. The first-order chi connectivity index (χ1) is 12.7. The summed E-state index contributed by atoms with van der Waals surface area (Å²) in [6.07, 6.45) is -0.888. The molecule has 0 saturated carbocycles. The van der Waals surface area contributed by atoms with E-state index in [9.17, 15) is 5.11 Å². The zero-order valence-electron chi connectivity index (χ0n) is 14.7. The minimum absolute atomic E-state index is 0.0514. The molecule has 1 unspecified atom stereocenters. The second-order valence-electron chi connectivity index (χ2n) is 6.15. The van der Waals surface area contributed by atoms with Gasteiger partial charge in [0, 0.05) is 23.1 Å². The van der Waals surface area contributed by atoms with Crippen molar-refractivity contribution in [2.45, 2.75) is 13.0 Å². The van der Waals surface area contributed by atoms with Crippen molar-refractivity contribution in [3.8, 4) is 5.75 Å². The average Bonchev–Trinajstić information content (AvgIpc) is 2.69. The number of rotatable bonds is 7. The monoisotopic (exact) mass is 349 g/mol. The lowest BCUT2D eigenvalue weighted by Gasteiger charge is -2.26.